The molecule has 6 aliphatic rings. The Bertz CT molecular complexity index is 1140. The van der Waals surface area contributed by atoms with Crippen molar-refractivity contribution in [2.75, 3.05) is 13.2 Å². The molecular weight excluding hydrogens is 562 g/mol. The first-order valence-electron chi connectivity index (χ1n) is 17.2. The summed E-state index contributed by atoms with van der Waals surface area (Å²) in [6.07, 6.45) is 4.89. The zero-order valence-electron chi connectivity index (χ0n) is 27.2. The fraction of sp³-hybridized carbons (Fsp3) is 0.886. The van der Waals surface area contributed by atoms with Crippen LogP contribution in [0.3, 0.4) is 0 Å². The number of rotatable bonds is 6. The van der Waals surface area contributed by atoms with Crippen LogP contribution in [-0.2, 0) is 19.0 Å². The van der Waals surface area contributed by atoms with Crippen LogP contribution in [0.15, 0.2) is 16.6 Å². The van der Waals surface area contributed by atoms with Gasteiger partial charge < -0.3 is 34.6 Å². The van der Waals surface area contributed by atoms with Gasteiger partial charge in [-0.15, -0.1) is 0 Å². The Hall–Kier alpha value is -1.36. The molecule has 248 valence electrons. The molecule has 4 aliphatic carbocycles. The van der Waals surface area contributed by atoms with Crippen molar-refractivity contribution in [3.8, 4) is 0 Å². The summed E-state index contributed by atoms with van der Waals surface area (Å²) in [5.74, 6) is 2.62. The third-order valence-corrected chi connectivity index (χ3v) is 13.2. The largest absolute Gasteiger partial charge is 0.462 e. The number of carbonyl (C=O) groups excluding carboxylic acids is 1. The minimum atomic E-state index is -1.44. The van der Waals surface area contributed by atoms with Crippen LogP contribution in [0, 0.1) is 46.3 Å². The molecule has 4 fully saturated rings. The molecule has 2 aliphatic heterocycles. The van der Waals surface area contributed by atoms with Crippen molar-refractivity contribution in [1.82, 2.24) is 0 Å². The highest BCUT2D eigenvalue weighted by molar-refractivity contribution is 5.87. The highest BCUT2D eigenvalue weighted by Gasteiger charge is 2.63. The van der Waals surface area contributed by atoms with Crippen LogP contribution in [0.25, 0.3) is 0 Å². The summed E-state index contributed by atoms with van der Waals surface area (Å²) in [5, 5.41) is 40.5. The van der Waals surface area contributed by atoms with E-state index in [0.717, 1.165) is 57.9 Å². The number of esters is 1. The van der Waals surface area contributed by atoms with Crippen LogP contribution in [0.1, 0.15) is 92.4 Å². The highest BCUT2D eigenvalue weighted by atomic mass is 16.7. The van der Waals surface area contributed by atoms with Crippen molar-refractivity contribution in [2.45, 2.75) is 135 Å². The maximum Gasteiger partial charge on any atom is 0.302 e. The molecule has 0 radical (unpaired) electrons. The van der Waals surface area contributed by atoms with Gasteiger partial charge in [0.05, 0.1) is 12.7 Å². The molecule has 9 nitrogen and oxygen atoms in total. The monoisotopic (exact) mass is 617 g/mol. The van der Waals surface area contributed by atoms with Crippen molar-refractivity contribution in [1.29, 1.82) is 0 Å². The predicted octanol–water partition coefficient (Wildman–Crippen LogP) is 3.80. The second kappa shape index (κ2) is 12.3. The summed E-state index contributed by atoms with van der Waals surface area (Å²) in [6, 6.07) is 0. The van der Waals surface area contributed by atoms with Crippen LogP contribution in [0.5, 0.6) is 0 Å². The minimum Gasteiger partial charge on any atom is -0.462 e. The van der Waals surface area contributed by atoms with Crippen molar-refractivity contribution in [3.05, 3.63) is 11.6 Å². The van der Waals surface area contributed by atoms with Gasteiger partial charge in [-0.05, 0) is 92.3 Å². The Morgan fingerprint density at radius 2 is 1.89 bits per heavy atom. The summed E-state index contributed by atoms with van der Waals surface area (Å²) >= 11 is 0. The quantitative estimate of drug-likeness (QED) is 0.261. The maximum absolute atomic E-state index is 12.3. The molecule has 3 saturated carbocycles. The first-order chi connectivity index (χ1) is 20.9. The number of carbonyl (C=O) groups is 1. The van der Waals surface area contributed by atoms with E-state index in [-0.39, 0.29) is 34.9 Å². The lowest BCUT2D eigenvalue weighted by molar-refractivity contribution is -0.313. The maximum atomic E-state index is 12.3. The van der Waals surface area contributed by atoms with E-state index in [0.29, 0.717) is 29.6 Å². The summed E-state index contributed by atoms with van der Waals surface area (Å²) in [6.45, 7) is 11.5. The van der Waals surface area contributed by atoms with Gasteiger partial charge in [0.15, 0.2) is 6.29 Å². The van der Waals surface area contributed by atoms with Crippen molar-refractivity contribution < 1.29 is 39.4 Å². The van der Waals surface area contributed by atoms with Gasteiger partial charge in [0, 0.05) is 31.0 Å². The van der Waals surface area contributed by atoms with E-state index in [1.165, 1.54) is 17.7 Å². The molecule has 44 heavy (non-hydrogen) atoms. The summed E-state index contributed by atoms with van der Waals surface area (Å²) < 4.78 is 18.0. The van der Waals surface area contributed by atoms with E-state index in [1.54, 1.807) is 6.92 Å². The molecule has 0 amide bonds. The van der Waals surface area contributed by atoms with E-state index < -0.39 is 37.3 Å². The zero-order valence-corrected chi connectivity index (χ0v) is 27.2. The molecule has 0 unspecified atom stereocenters. The van der Waals surface area contributed by atoms with Crippen LogP contribution in [0.4, 0.5) is 0 Å². The first-order valence-corrected chi connectivity index (χ1v) is 17.2. The van der Waals surface area contributed by atoms with Gasteiger partial charge in [0.1, 0.15) is 30.5 Å². The molecule has 0 aromatic rings. The molecule has 6 rings (SSSR count). The Kier molecular flexibility index (Phi) is 9.14. The standard InChI is InChI=1S/C35H55NO8/c1-18-6-9-26(36-16-18)19(2)29-27(42-20(3)38)15-25-23-8-7-21-14-22(10-12-34(21,4)24(23)11-13-35(25,29)5)43-33-32(41)31(40)30(39)28(17-37)44-33/h7,18-19,22-25,27-33,37,39-41H,6,8-17H2,1-5H3/t18-,19+,22-,23+,24-,25-,27+,28+,29-,30+,31-,32+,33+,34-,35-/m0/s1. The topological polar surface area (TPSA) is 138 Å². The van der Waals surface area contributed by atoms with E-state index in [9.17, 15) is 25.2 Å². The molecule has 1 saturated heterocycles. The summed E-state index contributed by atoms with van der Waals surface area (Å²) in [4.78, 5) is 17.4. The Balaban J connectivity index is 1.20. The Labute approximate surface area is 262 Å². The highest BCUT2D eigenvalue weighted by Crippen LogP contribution is 2.67. The third-order valence-electron chi connectivity index (χ3n) is 13.2. The van der Waals surface area contributed by atoms with Crippen molar-refractivity contribution in [2.24, 2.45) is 51.3 Å². The summed E-state index contributed by atoms with van der Waals surface area (Å²) in [5.41, 5.74) is 2.89. The van der Waals surface area contributed by atoms with Gasteiger partial charge in [-0.1, -0.05) is 39.3 Å². The van der Waals surface area contributed by atoms with Gasteiger partial charge in [-0.25, -0.2) is 0 Å². The molecule has 0 bridgehead atoms. The van der Waals surface area contributed by atoms with Crippen LogP contribution < -0.4 is 0 Å². The molecule has 0 spiro atoms. The fourth-order valence-electron chi connectivity index (χ4n) is 10.8. The van der Waals surface area contributed by atoms with E-state index in [1.807, 2.05) is 0 Å². The van der Waals surface area contributed by atoms with Gasteiger partial charge in [-0.3, -0.25) is 9.79 Å². The average molecular weight is 618 g/mol. The number of ether oxygens (including phenoxy) is 3. The number of nitrogens with zero attached hydrogens (tertiary/aromatic N) is 1. The zero-order chi connectivity index (χ0) is 31.6. The van der Waals surface area contributed by atoms with Crippen LogP contribution in [0.2, 0.25) is 0 Å². The number of allylic oxidation sites excluding steroid dienone is 1. The van der Waals surface area contributed by atoms with Gasteiger partial charge in [-0.2, -0.15) is 0 Å². The lowest BCUT2D eigenvalue weighted by atomic mass is 9.47. The van der Waals surface area contributed by atoms with E-state index in [2.05, 4.69) is 33.8 Å². The van der Waals surface area contributed by atoms with Gasteiger partial charge in [0.25, 0.3) is 0 Å². The Morgan fingerprint density at radius 3 is 2.57 bits per heavy atom. The Morgan fingerprint density at radius 1 is 1.11 bits per heavy atom. The average Bonchev–Trinajstić information content (AvgIpc) is 3.28. The first kappa shape index (κ1) is 32.6. The van der Waals surface area contributed by atoms with Crippen molar-refractivity contribution in [3.63, 3.8) is 0 Å². The molecule has 2 heterocycles. The minimum absolute atomic E-state index is 0.0592. The van der Waals surface area contributed by atoms with Crippen LogP contribution in [-0.4, -0.2) is 88.2 Å². The molecule has 15 atom stereocenters. The van der Waals surface area contributed by atoms with Crippen LogP contribution >= 0.6 is 0 Å². The second-order valence-corrected chi connectivity index (χ2v) is 15.7. The smallest absolute Gasteiger partial charge is 0.302 e. The fourth-order valence-corrected chi connectivity index (χ4v) is 10.8. The number of hydrogen-bond donors (Lipinski definition) is 4. The van der Waals surface area contributed by atoms with Crippen molar-refractivity contribution >= 4 is 11.7 Å². The van der Waals surface area contributed by atoms with Gasteiger partial charge in [0.2, 0.25) is 0 Å². The molecule has 9 heteroatoms. The number of fused-ring (bicyclic) bond motifs is 5. The normalized spacial score (nSPS) is 49.6. The lowest BCUT2D eigenvalue weighted by Crippen LogP contribution is -2.60. The van der Waals surface area contributed by atoms with E-state index >= 15 is 0 Å². The molecule has 0 aromatic heterocycles. The lowest BCUT2D eigenvalue weighted by Gasteiger charge is -2.58. The molecular formula is C35H55NO8. The SMILES string of the molecule is CC(=O)O[C@@H]1C[C@H]2[C@@H]3CC=C4C[C@@H](O[C@@H]5O[C@H](CO)[C@@H](O)[C@H](O)[C@H]5O)CC[C@]4(C)[C@H]3CC[C@]2(C)[C@H]1[C@H](C)C1=NC[C@@H](C)CC1. The predicted molar refractivity (Wildman–Crippen MR) is 165 cm³/mol. The third kappa shape index (κ3) is 5.51. The van der Waals surface area contributed by atoms with E-state index in [4.69, 9.17) is 19.2 Å². The number of hydrogen-bond acceptors (Lipinski definition) is 9. The molecule has 4 N–H and O–H groups in total. The number of aliphatic imine (C=N–C) groups is 1. The second-order valence-electron chi connectivity index (χ2n) is 15.7. The summed E-state index contributed by atoms with van der Waals surface area (Å²) in [7, 11) is 0. The number of aliphatic hydroxyl groups excluding tert-OH is 4. The van der Waals surface area contributed by atoms with Gasteiger partial charge >= 0.3 is 5.97 Å². The molecule has 0 aromatic carbocycles. The number of aliphatic hydroxyl groups is 4.